The Labute approximate surface area is 112 Å². The van der Waals surface area contributed by atoms with E-state index in [0.29, 0.717) is 11.3 Å². The third kappa shape index (κ3) is 4.19. The molecule has 1 heterocycles. The van der Waals surface area contributed by atoms with Gasteiger partial charge in [0.25, 0.3) is 0 Å². The Bertz CT molecular complexity index is 314. The van der Waals surface area contributed by atoms with Gasteiger partial charge in [-0.2, -0.15) is 0 Å². The predicted molar refractivity (Wildman–Crippen MR) is 77.2 cm³/mol. The molecule has 0 saturated carbocycles. The zero-order valence-corrected chi connectivity index (χ0v) is 13.0. The molecule has 3 heteroatoms. The van der Waals surface area contributed by atoms with Crippen LogP contribution in [0.3, 0.4) is 0 Å². The molecule has 0 fully saturated rings. The largest absolute Gasteiger partial charge is 0.317 e. The Morgan fingerprint density at radius 2 is 2.12 bits per heavy atom. The zero-order valence-electron chi connectivity index (χ0n) is 10.6. The Balaban J connectivity index is 2.67. The van der Waals surface area contributed by atoms with Crippen LogP contribution in [0, 0.1) is 11.3 Å². The van der Waals surface area contributed by atoms with Crippen LogP contribution in [0.25, 0.3) is 0 Å². The van der Waals surface area contributed by atoms with E-state index in [9.17, 15) is 0 Å². The molecule has 0 aliphatic rings. The number of rotatable bonds is 5. The van der Waals surface area contributed by atoms with Crippen LogP contribution < -0.4 is 5.32 Å². The summed E-state index contributed by atoms with van der Waals surface area (Å²) in [4.78, 5) is 1.47. The van der Waals surface area contributed by atoms with Gasteiger partial charge in [0.15, 0.2) is 0 Å². The summed E-state index contributed by atoms with van der Waals surface area (Å²) in [6, 6.07) is 2.15. The van der Waals surface area contributed by atoms with Gasteiger partial charge in [-0.1, -0.05) is 27.7 Å². The Hall–Kier alpha value is 0.140. The summed E-state index contributed by atoms with van der Waals surface area (Å²) in [6.07, 6.45) is 1.16. The van der Waals surface area contributed by atoms with E-state index in [4.69, 9.17) is 0 Å². The minimum atomic E-state index is 0.353. The number of hydrogen-bond donors (Lipinski definition) is 1. The third-order valence-corrected chi connectivity index (χ3v) is 4.94. The monoisotopic (exact) mass is 303 g/mol. The first-order valence-electron chi connectivity index (χ1n) is 5.87. The molecule has 1 aromatic heterocycles. The summed E-state index contributed by atoms with van der Waals surface area (Å²) in [5, 5.41) is 5.64. The molecule has 1 atom stereocenters. The van der Waals surface area contributed by atoms with Gasteiger partial charge < -0.3 is 5.32 Å². The molecule has 0 aromatic carbocycles. The quantitative estimate of drug-likeness (QED) is 0.854. The van der Waals surface area contributed by atoms with Crippen molar-refractivity contribution >= 4 is 27.3 Å². The third-order valence-electron chi connectivity index (χ3n) is 2.99. The van der Waals surface area contributed by atoms with Crippen LogP contribution in [0.5, 0.6) is 0 Å². The van der Waals surface area contributed by atoms with Crippen LogP contribution in [-0.4, -0.2) is 13.1 Å². The summed E-state index contributed by atoms with van der Waals surface area (Å²) in [5.41, 5.74) is 0.353. The minimum Gasteiger partial charge on any atom is -0.317 e. The van der Waals surface area contributed by atoms with E-state index in [0.717, 1.165) is 19.5 Å². The molecule has 1 unspecified atom stereocenters. The summed E-state index contributed by atoms with van der Waals surface area (Å²) >= 11 is 5.47. The molecular formula is C13H22BrNS. The number of halogens is 1. The highest BCUT2D eigenvalue weighted by Crippen LogP contribution is 2.33. The van der Waals surface area contributed by atoms with Crippen LogP contribution in [-0.2, 0) is 6.42 Å². The van der Waals surface area contributed by atoms with Gasteiger partial charge in [0.2, 0.25) is 0 Å². The lowest BCUT2D eigenvalue weighted by Crippen LogP contribution is -2.33. The fourth-order valence-corrected chi connectivity index (χ4v) is 3.29. The average Bonchev–Trinajstić information content (AvgIpc) is 2.57. The van der Waals surface area contributed by atoms with Crippen LogP contribution in [0.1, 0.15) is 32.6 Å². The Morgan fingerprint density at radius 1 is 1.44 bits per heavy atom. The van der Waals surface area contributed by atoms with Crippen molar-refractivity contribution in [3.05, 3.63) is 20.8 Å². The number of hydrogen-bond acceptors (Lipinski definition) is 2. The molecule has 0 spiro atoms. The molecule has 16 heavy (non-hydrogen) atoms. The molecule has 92 valence electrons. The SMILES string of the molecule is CCNCC(Cc1sccc1Br)C(C)(C)C. The maximum absolute atomic E-state index is 3.62. The van der Waals surface area contributed by atoms with E-state index in [1.165, 1.54) is 9.35 Å². The molecule has 0 aliphatic heterocycles. The van der Waals surface area contributed by atoms with Gasteiger partial charge >= 0.3 is 0 Å². The Morgan fingerprint density at radius 3 is 2.56 bits per heavy atom. The molecule has 0 radical (unpaired) electrons. The number of nitrogens with one attached hydrogen (secondary N) is 1. The van der Waals surface area contributed by atoms with Crippen molar-refractivity contribution in [3.8, 4) is 0 Å². The minimum absolute atomic E-state index is 0.353. The maximum atomic E-state index is 3.62. The van der Waals surface area contributed by atoms with Crippen molar-refractivity contribution in [2.24, 2.45) is 11.3 Å². The standard InChI is InChI=1S/C13H22BrNS/c1-5-15-9-10(13(2,3)4)8-12-11(14)6-7-16-12/h6-7,10,15H,5,8-9H2,1-4H3. The zero-order chi connectivity index (χ0) is 12.2. The second-order valence-electron chi connectivity index (χ2n) is 5.27. The van der Waals surface area contributed by atoms with Gasteiger partial charge in [-0.05, 0) is 58.2 Å². The second-order valence-corrected chi connectivity index (χ2v) is 7.12. The van der Waals surface area contributed by atoms with Gasteiger partial charge in [0.1, 0.15) is 0 Å². The van der Waals surface area contributed by atoms with Crippen molar-refractivity contribution in [1.29, 1.82) is 0 Å². The first kappa shape index (κ1) is 14.2. The summed E-state index contributed by atoms with van der Waals surface area (Å²) in [6.45, 7) is 11.3. The van der Waals surface area contributed by atoms with E-state index in [2.05, 4.69) is 60.4 Å². The molecule has 0 amide bonds. The molecule has 0 saturated heterocycles. The molecule has 0 bridgehead atoms. The van der Waals surface area contributed by atoms with Gasteiger partial charge in [0, 0.05) is 9.35 Å². The highest BCUT2D eigenvalue weighted by atomic mass is 79.9. The van der Waals surface area contributed by atoms with E-state index < -0.39 is 0 Å². The molecule has 1 nitrogen and oxygen atoms in total. The lowest BCUT2D eigenvalue weighted by molar-refractivity contribution is 0.233. The average molecular weight is 304 g/mol. The fourth-order valence-electron chi connectivity index (χ4n) is 1.70. The number of thiophene rings is 1. The van der Waals surface area contributed by atoms with Gasteiger partial charge in [-0.3, -0.25) is 0 Å². The van der Waals surface area contributed by atoms with Crippen LogP contribution >= 0.6 is 27.3 Å². The molecular weight excluding hydrogens is 282 g/mol. The lowest BCUT2D eigenvalue weighted by atomic mass is 9.78. The topological polar surface area (TPSA) is 12.0 Å². The molecule has 1 rings (SSSR count). The first-order chi connectivity index (χ1) is 7.45. The lowest BCUT2D eigenvalue weighted by Gasteiger charge is -2.31. The summed E-state index contributed by atoms with van der Waals surface area (Å²) < 4.78 is 1.27. The van der Waals surface area contributed by atoms with Crippen molar-refractivity contribution in [2.45, 2.75) is 34.1 Å². The van der Waals surface area contributed by atoms with E-state index in [-0.39, 0.29) is 0 Å². The molecule has 1 N–H and O–H groups in total. The van der Waals surface area contributed by atoms with Crippen molar-refractivity contribution in [1.82, 2.24) is 5.32 Å². The van der Waals surface area contributed by atoms with Crippen LogP contribution in [0.4, 0.5) is 0 Å². The summed E-state index contributed by atoms with van der Waals surface area (Å²) in [7, 11) is 0. The fraction of sp³-hybridized carbons (Fsp3) is 0.692. The smallest absolute Gasteiger partial charge is 0.0314 e. The van der Waals surface area contributed by atoms with Crippen molar-refractivity contribution < 1.29 is 0 Å². The Kier molecular flexibility index (Phi) is 5.48. The second kappa shape index (κ2) is 6.18. The van der Waals surface area contributed by atoms with Crippen molar-refractivity contribution in [3.63, 3.8) is 0 Å². The van der Waals surface area contributed by atoms with Gasteiger partial charge in [-0.15, -0.1) is 11.3 Å². The maximum Gasteiger partial charge on any atom is 0.0314 e. The highest BCUT2D eigenvalue weighted by Gasteiger charge is 2.25. The van der Waals surface area contributed by atoms with Crippen LogP contribution in [0.2, 0.25) is 0 Å². The predicted octanol–water partition coefficient (Wildman–Crippen LogP) is 4.32. The van der Waals surface area contributed by atoms with Crippen LogP contribution in [0.15, 0.2) is 15.9 Å². The molecule has 1 aromatic rings. The highest BCUT2D eigenvalue weighted by molar-refractivity contribution is 9.10. The van der Waals surface area contributed by atoms with Gasteiger partial charge in [0.05, 0.1) is 0 Å². The van der Waals surface area contributed by atoms with E-state index in [1.807, 2.05) is 11.3 Å². The molecule has 0 aliphatic carbocycles. The summed E-state index contributed by atoms with van der Waals surface area (Å²) in [5.74, 6) is 0.683. The normalized spacial score (nSPS) is 14.1. The van der Waals surface area contributed by atoms with E-state index in [1.54, 1.807) is 0 Å². The van der Waals surface area contributed by atoms with E-state index >= 15 is 0 Å². The van der Waals surface area contributed by atoms with Gasteiger partial charge in [-0.25, -0.2) is 0 Å². The first-order valence-corrected chi connectivity index (χ1v) is 7.55. The van der Waals surface area contributed by atoms with Crippen molar-refractivity contribution in [2.75, 3.05) is 13.1 Å².